The van der Waals surface area contributed by atoms with E-state index in [1.807, 2.05) is 31.2 Å². The molecular formula is C15H20BrNO3. The fraction of sp³-hybridized carbons (Fsp3) is 0.467. The quantitative estimate of drug-likeness (QED) is 0.713. The first-order valence-electron chi connectivity index (χ1n) is 6.75. The summed E-state index contributed by atoms with van der Waals surface area (Å²) in [6.45, 7) is 2.47. The van der Waals surface area contributed by atoms with Crippen LogP contribution in [0.2, 0.25) is 0 Å². The summed E-state index contributed by atoms with van der Waals surface area (Å²) >= 11 is 3.37. The smallest absolute Gasteiger partial charge is 0.303 e. The topological polar surface area (TPSA) is 66.4 Å². The second-order valence-corrected chi connectivity index (χ2v) is 5.68. The molecule has 20 heavy (non-hydrogen) atoms. The van der Waals surface area contributed by atoms with E-state index in [2.05, 4.69) is 21.2 Å². The number of carboxylic acids is 1. The number of rotatable bonds is 8. The molecule has 0 saturated carbocycles. The normalized spacial score (nSPS) is 11.9. The molecule has 4 nitrogen and oxygen atoms in total. The lowest BCUT2D eigenvalue weighted by molar-refractivity contribution is -0.137. The van der Waals surface area contributed by atoms with E-state index in [-0.39, 0.29) is 18.2 Å². The molecule has 1 atom stereocenters. The predicted molar refractivity (Wildman–Crippen MR) is 81.7 cm³/mol. The molecule has 0 spiro atoms. The Morgan fingerprint density at radius 2 is 1.85 bits per heavy atom. The number of hydrogen-bond acceptors (Lipinski definition) is 2. The zero-order chi connectivity index (χ0) is 15.0. The molecule has 1 unspecified atom stereocenters. The molecule has 2 N–H and O–H groups in total. The number of aliphatic carboxylic acids is 1. The van der Waals surface area contributed by atoms with E-state index in [9.17, 15) is 9.59 Å². The van der Waals surface area contributed by atoms with Crippen molar-refractivity contribution >= 4 is 27.8 Å². The molecule has 0 radical (unpaired) electrons. The van der Waals surface area contributed by atoms with Crippen LogP contribution in [-0.4, -0.2) is 23.5 Å². The first-order chi connectivity index (χ1) is 9.50. The maximum atomic E-state index is 12.0. The summed E-state index contributed by atoms with van der Waals surface area (Å²) in [5.41, 5.74) is 0.983. The van der Waals surface area contributed by atoms with Gasteiger partial charge in [-0.1, -0.05) is 34.5 Å². The van der Waals surface area contributed by atoms with Gasteiger partial charge in [0, 0.05) is 17.4 Å². The lowest BCUT2D eigenvalue weighted by Gasteiger charge is -2.12. The largest absolute Gasteiger partial charge is 0.481 e. The van der Waals surface area contributed by atoms with Crippen molar-refractivity contribution in [2.45, 2.75) is 38.5 Å². The van der Waals surface area contributed by atoms with Gasteiger partial charge < -0.3 is 10.4 Å². The van der Waals surface area contributed by atoms with Crippen LogP contribution in [0, 0.1) is 0 Å². The highest BCUT2D eigenvalue weighted by molar-refractivity contribution is 9.10. The highest BCUT2D eigenvalue weighted by Gasteiger charge is 2.14. The van der Waals surface area contributed by atoms with Crippen LogP contribution in [0.1, 0.15) is 44.1 Å². The lowest BCUT2D eigenvalue weighted by Crippen LogP contribution is -2.28. The van der Waals surface area contributed by atoms with Crippen molar-refractivity contribution in [2.75, 3.05) is 6.54 Å². The Labute approximate surface area is 127 Å². The maximum absolute atomic E-state index is 12.0. The minimum atomic E-state index is -0.766. The number of carboxylic acid groups (broad SMARTS) is 1. The van der Waals surface area contributed by atoms with Gasteiger partial charge in [0.2, 0.25) is 5.91 Å². The molecule has 5 heteroatoms. The number of amides is 1. The Bertz CT molecular complexity index is 445. The summed E-state index contributed by atoms with van der Waals surface area (Å²) < 4.78 is 0.993. The van der Waals surface area contributed by atoms with Gasteiger partial charge in [-0.2, -0.15) is 0 Å². The second kappa shape index (κ2) is 8.74. The zero-order valence-electron chi connectivity index (χ0n) is 11.6. The van der Waals surface area contributed by atoms with Crippen molar-refractivity contribution in [3.8, 4) is 0 Å². The van der Waals surface area contributed by atoms with Gasteiger partial charge in [0.25, 0.3) is 0 Å². The average molecular weight is 342 g/mol. The van der Waals surface area contributed by atoms with Gasteiger partial charge in [-0.3, -0.25) is 9.59 Å². The molecule has 1 amide bonds. The highest BCUT2D eigenvalue weighted by Crippen LogP contribution is 2.18. The summed E-state index contributed by atoms with van der Waals surface area (Å²) in [5.74, 6) is -0.939. The Morgan fingerprint density at radius 1 is 1.20 bits per heavy atom. The predicted octanol–water partition coefficient (Wildman–Crippen LogP) is 3.31. The minimum Gasteiger partial charge on any atom is -0.481 e. The molecule has 0 aliphatic carbocycles. The summed E-state index contributed by atoms with van der Waals surface area (Å²) in [4.78, 5) is 22.3. The zero-order valence-corrected chi connectivity index (χ0v) is 13.1. The standard InChI is InChI=1S/C15H20BrNO3/c1-11(12-6-8-13(16)9-7-12)15(20)17-10-4-2-3-5-14(18)19/h6-9,11H,2-5,10H2,1H3,(H,17,20)(H,18,19). The molecule has 1 aromatic carbocycles. The van der Waals surface area contributed by atoms with Gasteiger partial charge in [-0.05, 0) is 37.5 Å². The molecule has 1 rings (SSSR count). The number of carbonyl (C=O) groups excluding carboxylic acids is 1. The molecule has 0 aliphatic heterocycles. The Morgan fingerprint density at radius 3 is 2.45 bits per heavy atom. The number of carbonyl (C=O) groups is 2. The highest BCUT2D eigenvalue weighted by atomic mass is 79.9. The first-order valence-corrected chi connectivity index (χ1v) is 7.55. The summed E-state index contributed by atoms with van der Waals surface area (Å²) in [7, 11) is 0. The van der Waals surface area contributed by atoms with Crippen LogP contribution in [0.15, 0.2) is 28.7 Å². The van der Waals surface area contributed by atoms with E-state index in [0.717, 1.165) is 22.9 Å². The molecule has 110 valence electrons. The van der Waals surface area contributed by atoms with Gasteiger partial charge in [-0.15, -0.1) is 0 Å². The van der Waals surface area contributed by atoms with Crippen molar-refractivity contribution in [2.24, 2.45) is 0 Å². The second-order valence-electron chi connectivity index (χ2n) is 4.77. The third kappa shape index (κ3) is 6.19. The van der Waals surface area contributed by atoms with Crippen LogP contribution >= 0.6 is 15.9 Å². The Kier molecular flexibility index (Phi) is 7.30. The van der Waals surface area contributed by atoms with Crippen LogP contribution in [0.5, 0.6) is 0 Å². The molecule has 0 aromatic heterocycles. The molecule has 0 fully saturated rings. The van der Waals surface area contributed by atoms with Crippen molar-refractivity contribution < 1.29 is 14.7 Å². The van der Waals surface area contributed by atoms with E-state index in [4.69, 9.17) is 5.11 Å². The van der Waals surface area contributed by atoms with Gasteiger partial charge >= 0.3 is 5.97 Å². The third-order valence-corrected chi connectivity index (χ3v) is 3.66. The van der Waals surface area contributed by atoms with E-state index in [1.165, 1.54) is 0 Å². The summed E-state index contributed by atoms with van der Waals surface area (Å²) in [6, 6.07) is 7.71. The van der Waals surface area contributed by atoms with E-state index < -0.39 is 5.97 Å². The molecule has 0 aliphatic rings. The molecule has 0 heterocycles. The SMILES string of the molecule is CC(C(=O)NCCCCCC(=O)O)c1ccc(Br)cc1. The van der Waals surface area contributed by atoms with Crippen molar-refractivity contribution in [3.63, 3.8) is 0 Å². The van der Waals surface area contributed by atoms with Gasteiger partial charge in [0.1, 0.15) is 0 Å². The van der Waals surface area contributed by atoms with E-state index in [1.54, 1.807) is 0 Å². The van der Waals surface area contributed by atoms with E-state index in [0.29, 0.717) is 13.0 Å². The van der Waals surface area contributed by atoms with Crippen molar-refractivity contribution in [3.05, 3.63) is 34.3 Å². The van der Waals surface area contributed by atoms with Crippen LogP contribution in [0.25, 0.3) is 0 Å². The third-order valence-electron chi connectivity index (χ3n) is 3.13. The monoisotopic (exact) mass is 341 g/mol. The van der Waals surface area contributed by atoms with E-state index >= 15 is 0 Å². The molecule has 0 saturated heterocycles. The molecular weight excluding hydrogens is 322 g/mol. The minimum absolute atomic E-state index is 0.00515. The summed E-state index contributed by atoms with van der Waals surface area (Å²) in [5, 5.41) is 11.4. The first kappa shape index (κ1) is 16.7. The van der Waals surface area contributed by atoms with Crippen LogP contribution in [0.4, 0.5) is 0 Å². The van der Waals surface area contributed by atoms with Gasteiger partial charge in [0.15, 0.2) is 0 Å². The number of hydrogen-bond donors (Lipinski definition) is 2. The van der Waals surface area contributed by atoms with Crippen molar-refractivity contribution in [1.29, 1.82) is 0 Å². The maximum Gasteiger partial charge on any atom is 0.303 e. The van der Waals surface area contributed by atoms with Crippen LogP contribution in [0.3, 0.4) is 0 Å². The van der Waals surface area contributed by atoms with Crippen LogP contribution in [-0.2, 0) is 9.59 Å². The van der Waals surface area contributed by atoms with Gasteiger partial charge in [0.05, 0.1) is 5.92 Å². The number of nitrogens with one attached hydrogen (secondary N) is 1. The average Bonchev–Trinajstić information content (AvgIpc) is 2.42. The summed E-state index contributed by atoms with van der Waals surface area (Å²) in [6.07, 6.45) is 2.49. The van der Waals surface area contributed by atoms with Gasteiger partial charge in [-0.25, -0.2) is 0 Å². The fourth-order valence-electron chi connectivity index (χ4n) is 1.85. The number of unbranched alkanes of at least 4 members (excludes halogenated alkanes) is 2. The number of halogens is 1. The number of benzene rings is 1. The lowest BCUT2D eigenvalue weighted by atomic mass is 10.0. The Hall–Kier alpha value is -1.36. The molecule has 1 aromatic rings. The van der Waals surface area contributed by atoms with Crippen LogP contribution < -0.4 is 5.32 Å². The van der Waals surface area contributed by atoms with Crippen molar-refractivity contribution in [1.82, 2.24) is 5.32 Å². The molecule has 0 bridgehead atoms. The Balaban J connectivity index is 2.25. The fourth-order valence-corrected chi connectivity index (χ4v) is 2.11.